The Morgan fingerprint density at radius 3 is 2.71 bits per heavy atom. The number of halogens is 3. The number of rotatable bonds is 8. The average molecular weight is 598 g/mol. The average Bonchev–Trinajstić information content (AvgIpc) is 3.41. The van der Waals surface area contributed by atoms with Gasteiger partial charge in [-0.2, -0.15) is 0 Å². The van der Waals surface area contributed by atoms with Gasteiger partial charge in [-0.3, -0.25) is 14.6 Å². The number of hydrogen-bond acceptors (Lipinski definition) is 9. The second kappa shape index (κ2) is 12.5. The third kappa shape index (κ3) is 7.57. The van der Waals surface area contributed by atoms with Gasteiger partial charge in [0, 0.05) is 37.7 Å². The smallest absolute Gasteiger partial charge is 0.406 e. The summed E-state index contributed by atoms with van der Waals surface area (Å²) in [5.74, 6) is -0.554. The van der Waals surface area contributed by atoms with Crippen molar-refractivity contribution < 1.29 is 27.5 Å². The lowest BCUT2D eigenvalue weighted by atomic mass is 9.98. The lowest BCUT2D eigenvalue weighted by Crippen LogP contribution is -2.34. The summed E-state index contributed by atoms with van der Waals surface area (Å²) in [7, 11) is 0. The Kier molecular flexibility index (Phi) is 8.61. The Morgan fingerprint density at radius 1 is 1.10 bits per heavy atom. The Hall–Kier alpha value is -4.59. The van der Waals surface area contributed by atoms with Crippen molar-refractivity contribution in [1.29, 1.82) is 0 Å². The van der Waals surface area contributed by atoms with Gasteiger partial charge in [-0.25, -0.2) is 4.98 Å². The molecule has 1 aliphatic rings. The topological polar surface area (TPSA) is 122 Å². The molecule has 1 fully saturated rings. The molecule has 5 rings (SSSR count). The minimum atomic E-state index is -4.81. The maximum atomic E-state index is 12.6. The van der Waals surface area contributed by atoms with Crippen molar-refractivity contribution in [2.24, 2.45) is 0 Å². The highest BCUT2D eigenvalue weighted by Crippen LogP contribution is 2.35. The number of piperidine rings is 1. The molecule has 14 heteroatoms. The lowest BCUT2D eigenvalue weighted by molar-refractivity contribution is -0.274. The Labute approximate surface area is 243 Å². The van der Waals surface area contributed by atoms with E-state index in [1.807, 2.05) is 24.3 Å². The molecule has 0 aliphatic carbocycles. The SMILES string of the molecule is CC(=O)Nc1ncc(N2CCCC(c3nnc(NC(=O)Cc4cccc(OC(F)(F)F)c4)s3)C2)cc1-c1ccccn1. The van der Waals surface area contributed by atoms with E-state index in [4.69, 9.17) is 0 Å². The quantitative estimate of drug-likeness (QED) is 0.276. The summed E-state index contributed by atoms with van der Waals surface area (Å²) < 4.78 is 41.4. The van der Waals surface area contributed by atoms with Gasteiger partial charge in [0.1, 0.15) is 16.6 Å². The van der Waals surface area contributed by atoms with Crippen LogP contribution in [0.2, 0.25) is 0 Å². The van der Waals surface area contributed by atoms with E-state index < -0.39 is 12.3 Å². The maximum Gasteiger partial charge on any atom is 0.573 e. The van der Waals surface area contributed by atoms with Crippen molar-refractivity contribution in [2.45, 2.75) is 38.5 Å². The highest BCUT2D eigenvalue weighted by molar-refractivity contribution is 7.15. The van der Waals surface area contributed by atoms with E-state index in [1.165, 1.54) is 36.5 Å². The molecular weight excluding hydrogens is 571 g/mol. The van der Waals surface area contributed by atoms with Crippen LogP contribution >= 0.6 is 11.3 Å². The molecule has 0 spiro atoms. The normalized spacial score (nSPS) is 15.2. The molecule has 2 amide bonds. The van der Waals surface area contributed by atoms with E-state index in [-0.39, 0.29) is 24.0 Å². The van der Waals surface area contributed by atoms with Crippen molar-refractivity contribution in [3.05, 3.63) is 71.5 Å². The molecule has 1 unspecified atom stereocenters. The van der Waals surface area contributed by atoms with Gasteiger partial charge in [-0.05, 0) is 48.7 Å². The number of amides is 2. The molecule has 4 heterocycles. The number of aromatic nitrogens is 4. The van der Waals surface area contributed by atoms with Gasteiger partial charge >= 0.3 is 6.36 Å². The monoisotopic (exact) mass is 597 g/mol. The fourth-order valence-corrected chi connectivity index (χ4v) is 5.56. The summed E-state index contributed by atoms with van der Waals surface area (Å²) in [6, 6.07) is 12.8. The van der Waals surface area contributed by atoms with Gasteiger partial charge in [0.2, 0.25) is 16.9 Å². The fourth-order valence-electron chi connectivity index (χ4n) is 4.68. The van der Waals surface area contributed by atoms with Gasteiger partial charge in [0.15, 0.2) is 0 Å². The molecule has 2 N–H and O–H groups in total. The predicted molar refractivity (Wildman–Crippen MR) is 151 cm³/mol. The molecule has 1 aromatic carbocycles. The highest BCUT2D eigenvalue weighted by Gasteiger charge is 2.31. The van der Waals surface area contributed by atoms with Crippen LogP contribution in [0.3, 0.4) is 0 Å². The zero-order valence-electron chi connectivity index (χ0n) is 22.4. The molecule has 1 aliphatic heterocycles. The summed E-state index contributed by atoms with van der Waals surface area (Å²) in [4.78, 5) is 35.4. The van der Waals surface area contributed by atoms with E-state index >= 15 is 0 Å². The molecule has 3 aromatic heterocycles. The maximum absolute atomic E-state index is 12.6. The van der Waals surface area contributed by atoms with Crippen LogP contribution in [0, 0.1) is 0 Å². The number of carbonyl (C=O) groups excluding carboxylic acids is 2. The second-order valence-corrected chi connectivity index (χ2v) is 10.6. The molecular formula is C28H26F3N7O3S. The first-order valence-electron chi connectivity index (χ1n) is 13.0. The summed E-state index contributed by atoms with van der Waals surface area (Å²) >= 11 is 1.27. The van der Waals surface area contributed by atoms with Crippen molar-refractivity contribution in [2.75, 3.05) is 28.6 Å². The third-order valence-electron chi connectivity index (χ3n) is 6.43. The first-order chi connectivity index (χ1) is 20.1. The molecule has 0 radical (unpaired) electrons. The summed E-state index contributed by atoms with van der Waals surface area (Å²) in [6.07, 6.45) is 0.223. The van der Waals surface area contributed by atoms with E-state index in [0.717, 1.165) is 30.1 Å². The molecule has 4 aromatic rings. The number of carbonyl (C=O) groups is 2. The minimum Gasteiger partial charge on any atom is -0.406 e. The lowest BCUT2D eigenvalue weighted by Gasteiger charge is -2.33. The first-order valence-corrected chi connectivity index (χ1v) is 13.9. The number of anilines is 3. The zero-order valence-corrected chi connectivity index (χ0v) is 23.2. The van der Waals surface area contributed by atoms with Gasteiger partial charge in [-0.1, -0.05) is 29.5 Å². The molecule has 0 bridgehead atoms. The molecule has 10 nitrogen and oxygen atoms in total. The van der Waals surface area contributed by atoms with Gasteiger partial charge < -0.3 is 20.3 Å². The molecule has 1 atom stereocenters. The third-order valence-corrected chi connectivity index (χ3v) is 7.43. The Bertz CT molecular complexity index is 1570. The van der Waals surface area contributed by atoms with Crippen LogP contribution in [0.25, 0.3) is 11.3 Å². The largest absolute Gasteiger partial charge is 0.573 e. The standard InChI is InChI=1S/C28H26F3N7O3S/c1-17(39)34-25-22(23-9-2-3-10-32-23)14-20(15-33-25)38-11-5-7-19(16-38)26-36-37-27(42-26)35-24(40)13-18-6-4-8-21(12-18)41-28(29,30)31/h2-4,6,8-10,12,14-15,19H,5,7,11,13,16H2,1H3,(H,33,34,39)(H,35,37,40). The number of nitrogens with zero attached hydrogens (tertiary/aromatic N) is 5. The Balaban J connectivity index is 1.25. The zero-order chi connectivity index (χ0) is 29.7. The van der Waals surface area contributed by atoms with Gasteiger partial charge in [0.05, 0.1) is 24.0 Å². The van der Waals surface area contributed by atoms with Crippen LogP contribution in [-0.4, -0.2) is 51.4 Å². The predicted octanol–water partition coefficient (Wildman–Crippen LogP) is 5.42. The van der Waals surface area contributed by atoms with Crippen LogP contribution in [-0.2, 0) is 16.0 Å². The number of benzene rings is 1. The van der Waals surface area contributed by atoms with Crippen molar-refractivity contribution in [3.8, 4) is 17.0 Å². The van der Waals surface area contributed by atoms with Gasteiger partial charge in [-0.15, -0.1) is 23.4 Å². The summed E-state index contributed by atoms with van der Waals surface area (Å²) in [5.41, 5.74) is 2.64. The number of hydrogen-bond donors (Lipinski definition) is 2. The van der Waals surface area contributed by atoms with E-state index in [9.17, 15) is 22.8 Å². The van der Waals surface area contributed by atoms with E-state index in [1.54, 1.807) is 18.5 Å². The van der Waals surface area contributed by atoms with Crippen molar-refractivity contribution in [3.63, 3.8) is 0 Å². The molecule has 0 saturated carbocycles. The number of nitrogens with one attached hydrogen (secondary N) is 2. The summed E-state index contributed by atoms with van der Waals surface area (Å²) in [6.45, 7) is 2.88. The summed E-state index contributed by atoms with van der Waals surface area (Å²) in [5, 5.41) is 15.0. The van der Waals surface area contributed by atoms with Crippen LogP contribution in [0.1, 0.15) is 36.3 Å². The highest BCUT2D eigenvalue weighted by atomic mass is 32.1. The fraction of sp³-hybridized carbons (Fsp3) is 0.286. The van der Waals surface area contributed by atoms with Crippen LogP contribution in [0.5, 0.6) is 5.75 Å². The molecule has 42 heavy (non-hydrogen) atoms. The van der Waals surface area contributed by atoms with Crippen LogP contribution < -0.4 is 20.3 Å². The Morgan fingerprint density at radius 2 is 1.95 bits per heavy atom. The molecule has 218 valence electrons. The van der Waals surface area contributed by atoms with E-state index in [2.05, 4.69) is 40.4 Å². The van der Waals surface area contributed by atoms with Crippen LogP contribution in [0.15, 0.2) is 60.9 Å². The first kappa shape index (κ1) is 28.9. The minimum absolute atomic E-state index is 0.0615. The van der Waals surface area contributed by atoms with Crippen molar-refractivity contribution in [1.82, 2.24) is 20.2 Å². The second-order valence-electron chi connectivity index (χ2n) is 9.64. The number of pyridine rings is 2. The number of alkyl halides is 3. The molecule has 1 saturated heterocycles. The van der Waals surface area contributed by atoms with Crippen molar-refractivity contribution >= 4 is 39.8 Å². The number of ether oxygens (including phenoxy) is 1. The van der Waals surface area contributed by atoms with Gasteiger partial charge in [0.25, 0.3) is 0 Å². The van der Waals surface area contributed by atoms with E-state index in [0.29, 0.717) is 34.3 Å². The van der Waals surface area contributed by atoms with Crippen LogP contribution in [0.4, 0.5) is 29.8 Å².